The summed E-state index contributed by atoms with van der Waals surface area (Å²) in [5.74, 6) is 0.384. The molecule has 26 heavy (non-hydrogen) atoms. The molecule has 0 radical (unpaired) electrons. The summed E-state index contributed by atoms with van der Waals surface area (Å²) in [7, 11) is 0. The fraction of sp³-hybridized carbons (Fsp3) is 0.706. The number of nitrogens with one attached hydrogen (secondary N) is 1. The lowest BCUT2D eigenvalue weighted by atomic mass is 9.95. The minimum atomic E-state index is -4.72. The van der Waals surface area contributed by atoms with Crippen molar-refractivity contribution in [2.24, 2.45) is 11.8 Å². The van der Waals surface area contributed by atoms with Crippen molar-refractivity contribution in [3.8, 4) is 0 Å². The van der Waals surface area contributed by atoms with Crippen molar-refractivity contribution in [3.05, 3.63) is 17.5 Å². The maximum Gasteiger partial charge on any atom is 0.434 e. The smallest absolute Gasteiger partial charge is 0.378 e. The van der Waals surface area contributed by atoms with E-state index in [-0.39, 0.29) is 25.1 Å². The number of aromatic nitrogens is 2. The number of ether oxygens (including phenoxy) is 1. The van der Waals surface area contributed by atoms with Gasteiger partial charge in [-0.15, -0.1) is 0 Å². The van der Waals surface area contributed by atoms with Crippen molar-refractivity contribution in [2.45, 2.75) is 37.9 Å². The Bertz CT molecular complexity index is 691. The Balaban J connectivity index is 1.57. The summed E-state index contributed by atoms with van der Waals surface area (Å²) in [5.41, 5.74) is -1.67. The third-order valence-electron chi connectivity index (χ3n) is 5.64. The van der Waals surface area contributed by atoms with E-state index in [9.17, 15) is 18.0 Å². The van der Waals surface area contributed by atoms with E-state index >= 15 is 0 Å². The van der Waals surface area contributed by atoms with Gasteiger partial charge in [-0.2, -0.15) is 13.2 Å². The molecule has 3 aliphatic rings. The van der Waals surface area contributed by atoms with Gasteiger partial charge in [0.15, 0.2) is 5.69 Å². The Kier molecular flexibility index (Phi) is 4.50. The highest BCUT2D eigenvalue weighted by atomic mass is 19.4. The number of halogens is 3. The molecule has 0 unspecified atom stereocenters. The number of morpholine rings is 1. The molecule has 2 saturated carbocycles. The highest BCUT2D eigenvalue weighted by molar-refractivity contribution is 5.95. The maximum absolute atomic E-state index is 13.5. The van der Waals surface area contributed by atoms with Crippen LogP contribution >= 0.6 is 0 Å². The Morgan fingerprint density at radius 3 is 2.62 bits per heavy atom. The van der Waals surface area contributed by atoms with Crippen LogP contribution in [0.1, 0.15) is 41.7 Å². The van der Waals surface area contributed by atoms with Gasteiger partial charge in [-0.1, -0.05) is 6.42 Å². The van der Waals surface area contributed by atoms with Gasteiger partial charge >= 0.3 is 6.18 Å². The lowest BCUT2D eigenvalue weighted by Crippen LogP contribution is -2.41. The lowest BCUT2D eigenvalue weighted by molar-refractivity contribution is -0.141. The summed E-state index contributed by atoms with van der Waals surface area (Å²) in [6, 6.07) is 0.121. The number of fused-ring (bicyclic) bond motifs is 2. The Hall–Kier alpha value is -1.90. The largest absolute Gasteiger partial charge is 0.434 e. The van der Waals surface area contributed by atoms with Crippen molar-refractivity contribution in [2.75, 3.05) is 31.6 Å². The lowest BCUT2D eigenvalue weighted by Gasteiger charge is -2.28. The monoisotopic (exact) mass is 370 g/mol. The first-order valence-electron chi connectivity index (χ1n) is 8.99. The number of anilines is 1. The Labute approximate surface area is 149 Å². The SMILES string of the molecule is O=C(c1cnc(N[C@H]2C[C@@H]3CC[C@@H]2C3)nc1C(F)(F)F)N1CCOCC1. The minimum Gasteiger partial charge on any atom is -0.378 e. The molecule has 142 valence electrons. The molecule has 4 rings (SSSR count). The quantitative estimate of drug-likeness (QED) is 0.886. The van der Waals surface area contributed by atoms with Gasteiger partial charge in [0.25, 0.3) is 5.91 Å². The fourth-order valence-corrected chi connectivity index (χ4v) is 4.35. The van der Waals surface area contributed by atoms with Crippen LogP contribution in [0.4, 0.5) is 19.1 Å². The Morgan fingerprint density at radius 2 is 2.00 bits per heavy atom. The molecule has 0 spiro atoms. The topological polar surface area (TPSA) is 67.4 Å². The van der Waals surface area contributed by atoms with Crippen LogP contribution in [0.15, 0.2) is 6.20 Å². The van der Waals surface area contributed by atoms with Crippen molar-refractivity contribution in [1.82, 2.24) is 14.9 Å². The zero-order valence-electron chi connectivity index (χ0n) is 14.3. The van der Waals surface area contributed by atoms with Gasteiger partial charge in [0, 0.05) is 25.3 Å². The average molecular weight is 370 g/mol. The highest BCUT2D eigenvalue weighted by Crippen LogP contribution is 2.45. The molecule has 0 aromatic carbocycles. The summed E-state index contributed by atoms with van der Waals surface area (Å²) in [4.78, 5) is 21.5. The van der Waals surface area contributed by atoms with Crippen molar-refractivity contribution >= 4 is 11.9 Å². The van der Waals surface area contributed by atoms with E-state index < -0.39 is 23.3 Å². The van der Waals surface area contributed by atoms with E-state index in [0.29, 0.717) is 25.0 Å². The zero-order chi connectivity index (χ0) is 18.3. The molecule has 9 heteroatoms. The van der Waals surface area contributed by atoms with Gasteiger partial charge in [-0.25, -0.2) is 9.97 Å². The van der Waals surface area contributed by atoms with E-state index in [1.54, 1.807) is 0 Å². The fourth-order valence-electron chi connectivity index (χ4n) is 4.35. The maximum atomic E-state index is 13.5. The zero-order valence-corrected chi connectivity index (χ0v) is 14.3. The number of carbonyl (C=O) groups excluding carboxylic acids is 1. The van der Waals surface area contributed by atoms with Crippen LogP contribution in [0.5, 0.6) is 0 Å². The van der Waals surface area contributed by atoms with Crippen LogP contribution in [0, 0.1) is 11.8 Å². The third-order valence-corrected chi connectivity index (χ3v) is 5.64. The summed E-state index contributed by atoms with van der Waals surface area (Å²) in [6.07, 6.45) is 0.655. The first kappa shape index (κ1) is 17.5. The molecule has 1 amide bonds. The van der Waals surface area contributed by atoms with Gasteiger partial charge in [0.05, 0.1) is 18.8 Å². The number of rotatable bonds is 3. The molecule has 2 heterocycles. The molecule has 6 nitrogen and oxygen atoms in total. The van der Waals surface area contributed by atoms with Crippen molar-refractivity contribution in [3.63, 3.8) is 0 Å². The molecule has 1 saturated heterocycles. The minimum absolute atomic E-state index is 0.0478. The van der Waals surface area contributed by atoms with E-state index in [0.717, 1.165) is 25.5 Å². The number of carbonyl (C=O) groups is 1. The number of amides is 1. The molecular formula is C17H21F3N4O2. The molecule has 3 atom stereocenters. The molecule has 1 aliphatic heterocycles. The van der Waals surface area contributed by atoms with E-state index in [1.807, 2.05) is 0 Å². The predicted molar refractivity (Wildman–Crippen MR) is 86.6 cm³/mol. The molecule has 1 aromatic rings. The molecule has 2 aliphatic carbocycles. The van der Waals surface area contributed by atoms with Gasteiger partial charge in [-0.05, 0) is 31.1 Å². The van der Waals surface area contributed by atoms with Crippen LogP contribution in [-0.4, -0.2) is 53.1 Å². The molecule has 2 bridgehead atoms. The first-order chi connectivity index (χ1) is 12.4. The van der Waals surface area contributed by atoms with Crippen LogP contribution in [0.25, 0.3) is 0 Å². The number of hydrogen-bond acceptors (Lipinski definition) is 5. The summed E-state index contributed by atoms with van der Waals surface area (Å²) >= 11 is 0. The second kappa shape index (κ2) is 6.68. The average Bonchev–Trinajstić information content (AvgIpc) is 3.24. The van der Waals surface area contributed by atoms with Crippen LogP contribution in [0.2, 0.25) is 0 Å². The van der Waals surface area contributed by atoms with Gasteiger partial charge in [0.2, 0.25) is 5.95 Å². The van der Waals surface area contributed by atoms with Gasteiger partial charge < -0.3 is 15.0 Å². The number of nitrogens with zero attached hydrogens (tertiary/aromatic N) is 3. The normalized spacial score (nSPS) is 28.4. The standard InChI is InChI=1S/C17H21F3N4O2/c18-17(19,20)14-12(15(25)24-3-5-26-6-4-24)9-21-16(23-14)22-13-8-10-1-2-11(13)7-10/h9-11,13H,1-8H2,(H,21,22,23)/t10-,11-,13+/m1/s1. The highest BCUT2D eigenvalue weighted by Gasteiger charge is 2.42. The van der Waals surface area contributed by atoms with E-state index in [2.05, 4.69) is 15.3 Å². The molecular weight excluding hydrogens is 349 g/mol. The van der Waals surface area contributed by atoms with Crippen LogP contribution < -0.4 is 5.32 Å². The molecule has 1 N–H and O–H groups in total. The second-order valence-corrected chi connectivity index (χ2v) is 7.28. The Morgan fingerprint density at radius 1 is 1.23 bits per heavy atom. The van der Waals surface area contributed by atoms with Crippen molar-refractivity contribution in [1.29, 1.82) is 0 Å². The summed E-state index contributed by atoms with van der Waals surface area (Å²) in [5, 5.41) is 3.06. The van der Waals surface area contributed by atoms with Crippen LogP contribution in [0.3, 0.4) is 0 Å². The number of alkyl halides is 3. The first-order valence-corrected chi connectivity index (χ1v) is 8.99. The van der Waals surface area contributed by atoms with Gasteiger partial charge in [-0.3, -0.25) is 4.79 Å². The third kappa shape index (κ3) is 3.36. The van der Waals surface area contributed by atoms with Crippen LogP contribution in [-0.2, 0) is 10.9 Å². The molecule has 1 aromatic heterocycles. The van der Waals surface area contributed by atoms with Gasteiger partial charge in [0.1, 0.15) is 0 Å². The summed E-state index contributed by atoms with van der Waals surface area (Å²) in [6.45, 7) is 1.16. The van der Waals surface area contributed by atoms with E-state index in [4.69, 9.17) is 4.74 Å². The van der Waals surface area contributed by atoms with E-state index in [1.165, 1.54) is 11.3 Å². The number of hydrogen-bond donors (Lipinski definition) is 1. The molecule has 3 fully saturated rings. The summed E-state index contributed by atoms with van der Waals surface area (Å²) < 4.78 is 45.7. The van der Waals surface area contributed by atoms with Crippen molar-refractivity contribution < 1.29 is 22.7 Å². The predicted octanol–water partition coefficient (Wildman–Crippen LogP) is 2.57. The second-order valence-electron chi connectivity index (χ2n) is 7.28.